The Morgan fingerprint density at radius 3 is 2.95 bits per heavy atom. The molecule has 6 nitrogen and oxygen atoms in total. The molecule has 0 unspecified atom stereocenters. The van der Waals surface area contributed by atoms with Gasteiger partial charge in [-0.25, -0.2) is 4.98 Å². The van der Waals surface area contributed by atoms with Crippen LogP contribution in [-0.2, 0) is 4.74 Å². The number of nitrogens with zero attached hydrogens (tertiary/aromatic N) is 4. The van der Waals surface area contributed by atoms with E-state index < -0.39 is 0 Å². The smallest absolute Gasteiger partial charge is 0.224 e. The van der Waals surface area contributed by atoms with Gasteiger partial charge in [0, 0.05) is 26.7 Å². The van der Waals surface area contributed by atoms with E-state index in [1.165, 1.54) is 0 Å². The lowest BCUT2D eigenvalue weighted by Gasteiger charge is -2.23. The number of nitrogens with one attached hydrogen (secondary N) is 1. The average Bonchev–Trinajstić information content (AvgIpc) is 2.47. The molecule has 0 saturated carbocycles. The molecule has 0 atom stereocenters. The largest absolute Gasteiger partial charge is 0.383 e. The summed E-state index contributed by atoms with van der Waals surface area (Å²) >= 11 is 6.16. The maximum Gasteiger partial charge on any atom is 0.224 e. The van der Waals surface area contributed by atoms with Gasteiger partial charge in [-0.1, -0.05) is 18.5 Å². The summed E-state index contributed by atoms with van der Waals surface area (Å²) in [6, 6.07) is 2.13. The highest BCUT2D eigenvalue weighted by Crippen LogP contribution is 2.23. The summed E-state index contributed by atoms with van der Waals surface area (Å²) in [4.78, 5) is 10.5. The van der Waals surface area contributed by atoms with Gasteiger partial charge in [-0.3, -0.25) is 0 Å². The minimum Gasteiger partial charge on any atom is -0.383 e. The van der Waals surface area contributed by atoms with Crippen LogP contribution in [0.2, 0.25) is 5.02 Å². The summed E-state index contributed by atoms with van der Waals surface area (Å²) in [5.41, 5.74) is 0. The molecular weight excluding hydrogens is 278 g/mol. The summed E-state index contributed by atoms with van der Waals surface area (Å²) in [6.07, 6.45) is 2.97. The van der Waals surface area contributed by atoms with Gasteiger partial charge >= 0.3 is 0 Å². The van der Waals surface area contributed by atoms with Crippen LogP contribution in [0.25, 0.3) is 0 Å². The molecule has 0 fully saturated rings. The Labute approximate surface area is 124 Å². The van der Waals surface area contributed by atoms with Crippen molar-refractivity contribution in [3.05, 3.63) is 11.2 Å². The van der Waals surface area contributed by atoms with Crippen molar-refractivity contribution in [1.29, 1.82) is 5.26 Å². The Kier molecular flexibility index (Phi) is 7.70. The number of halogens is 1. The molecule has 0 bridgehead atoms. The molecule has 1 aromatic heterocycles. The maximum absolute atomic E-state index is 8.74. The SMILES string of the molecule is CCCNc1ncc(Cl)c(N(CCC#N)CCOC)n1. The fraction of sp³-hybridized carbons (Fsp3) is 0.615. The van der Waals surface area contributed by atoms with E-state index in [1.807, 2.05) is 4.90 Å². The molecule has 0 aliphatic rings. The molecular formula is C13H20ClN5O. The second kappa shape index (κ2) is 9.34. The summed E-state index contributed by atoms with van der Waals surface area (Å²) in [5, 5.41) is 12.3. The van der Waals surface area contributed by atoms with Crippen molar-refractivity contribution in [3.8, 4) is 6.07 Å². The number of rotatable bonds is 9. The molecule has 0 radical (unpaired) electrons. The van der Waals surface area contributed by atoms with Gasteiger partial charge < -0.3 is 15.0 Å². The Bertz CT molecular complexity index is 449. The third-order valence-corrected chi connectivity index (χ3v) is 2.88. The molecule has 7 heteroatoms. The summed E-state index contributed by atoms with van der Waals surface area (Å²) in [5.74, 6) is 1.18. The lowest BCUT2D eigenvalue weighted by molar-refractivity contribution is 0.205. The van der Waals surface area contributed by atoms with Crippen molar-refractivity contribution >= 4 is 23.4 Å². The minimum atomic E-state index is 0.405. The molecule has 1 N–H and O–H groups in total. The number of anilines is 2. The Morgan fingerprint density at radius 1 is 1.50 bits per heavy atom. The Hall–Kier alpha value is -1.58. The Balaban J connectivity index is 2.88. The van der Waals surface area contributed by atoms with Crippen molar-refractivity contribution < 1.29 is 4.74 Å². The summed E-state index contributed by atoms with van der Waals surface area (Å²) in [6.45, 7) is 4.61. The second-order valence-electron chi connectivity index (χ2n) is 4.18. The first-order valence-corrected chi connectivity index (χ1v) is 6.98. The van der Waals surface area contributed by atoms with Gasteiger partial charge in [-0.05, 0) is 6.42 Å². The van der Waals surface area contributed by atoms with Crippen molar-refractivity contribution in [2.24, 2.45) is 0 Å². The standard InChI is InChI=1S/C13H20ClN5O/c1-3-6-16-13-17-10-11(14)12(18-13)19(7-4-5-15)8-9-20-2/h10H,3-4,6-9H2,1-2H3,(H,16,17,18). The number of methoxy groups -OCH3 is 1. The van der Waals surface area contributed by atoms with Gasteiger partial charge in [0.05, 0.1) is 25.3 Å². The van der Waals surface area contributed by atoms with Crippen LogP contribution in [0.1, 0.15) is 19.8 Å². The molecule has 0 amide bonds. The van der Waals surface area contributed by atoms with E-state index in [9.17, 15) is 0 Å². The first kappa shape index (κ1) is 16.5. The summed E-state index contributed by atoms with van der Waals surface area (Å²) < 4.78 is 5.08. The number of hydrogen-bond acceptors (Lipinski definition) is 6. The topological polar surface area (TPSA) is 74.1 Å². The van der Waals surface area contributed by atoms with E-state index in [0.29, 0.717) is 42.9 Å². The highest BCUT2D eigenvalue weighted by molar-refractivity contribution is 6.32. The van der Waals surface area contributed by atoms with Gasteiger partial charge in [0.1, 0.15) is 5.02 Å². The zero-order valence-corrected chi connectivity index (χ0v) is 12.7. The van der Waals surface area contributed by atoms with E-state index in [2.05, 4.69) is 28.3 Å². The van der Waals surface area contributed by atoms with Crippen LogP contribution in [0.4, 0.5) is 11.8 Å². The molecule has 0 aromatic carbocycles. The van der Waals surface area contributed by atoms with Crippen molar-refractivity contribution in [1.82, 2.24) is 9.97 Å². The minimum absolute atomic E-state index is 0.405. The van der Waals surface area contributed by atoms with Crippen LogP contribution >= 0.6 is 11.6 Å². The van der Waals surface area contributed by atoms with Crippen molar-refractivity contribution in [3.63, 3.8) is 0 Å². The Morgan fingerprint density at radius 2 is 2.30 bits per heavy atom. The molecule has 0 aliphatic heterocycles. The molecule has 1 rings (SSSR count). The molecule has 1 aromatic rings. The van der Waals surface area contributed by atoms with Gasteiger partial charge in [0.15, 0.2) is 5.82 Å². The van der Waals surface area contributed by atoms with Crippen LogP contribution in [0.5, 0.6) is 0 Å². The van der Waals surface area contributed by atoms with Crippen LogP contribution in [0.15, 0.2) is 6.20 Å². The van der Waals surface area contributed by atoms with Crippen molar-refractivity contribution in [2.75, 3.05) is 43.6 Å². The van der Waals surface area contributed by atoms with Crippen molar-refractivity contribution in [2.45, 2.75) is 19.8 Å². The van der Waals surface area contributed by atoms with E-state index >= 15 is 0 Å². The van der Waals surface area contributed by atoms with E-state index in [-0.39, 0.29) is 0 Å². The van der Waals surface area contributed by atoms with E-state index in [4.69, 9.17) is 21.6 Å². The quantitative estimate of drug-likeness (QED) is 0.754. The maximum atomic E-state index is 8.74. The highest BCUT2D eigenvalue weighted by Gasteiger charge is 2.13. The number of aromatic nitrogens is 2. The van der Waals surface area contributed by atoms with Crippen LogP contribution in [0, 0.1) is 11.3 Å². The highest BCUT2D eigenvalue weighted by atomic mass is 35.5. The predicted octanol–water partition coefficient (Wildman–Crippen LogP) is 2.32. The predicted molar refractivity (Wildman–Crippen MR) is 80.1 cm³/mol. The molecule has 0 aliphatic carbocycles. The molecule has 20 heavy (non-hydrogen) atoms. The van der Waals surface area contributed by atoms with Gasteiger partial charge in [-0.15, -0.1) is 0 Å². The zero-order chi connectivity index (χ0) is 14.8. The van der Waals surface area contributed by atoms with Gasteiger partial charge in [-0.2, -0.15) is 10.2 Å². The monoisotopic (exact) mass is 297 g/mol. The second-order valence-corrected chi connectivity index (χ2v) is 4.59. The van der Waals surface area contributed by atoms with Gasteiger partial charge in [0.25, 0.3) is 0 Å². The first-order valence-electron chi connectivity index (χ1n) is 6.60. The number of ether oxygens (including phenoxy) is 1. The third kappa shape index (κ3) is 5.19. The fourth-order valence-electron chi connectivity index (χ4n) is 1.61. The van der Waals surface area contributed by atoms with Crippen LogP contribution in [0.3, 0.4) is 0 Å². The van der Waals surface area contributed by atoms with E-state index in [1.54, 1.807) is 13.3 Å². The van der Waals surface area contributed by atoms with Crippen LogP contribution in [-0.4, -0.2) is 43.3 Å². The number of hydrogen-bond donors (Lipinski definition) is 1. The van der Waals surface area contributed by atoms with Crippen LogP contribution < -0.4 is 10.2 Å². The van der Waals surface area contributed by atoms with Gasteiger partial charge in [0.2, 0.25) is 5.95 Å². The molecule has 110 valence electrons. The number of nitriles is 1. The third-order valence-electron chi connectivity index (χ3n) is 2.62. The normalized spacial score (nSPS) is 10.1. The zero-order valence-electron chi connectivity index (χ0n) is 11.9. The molecule has 0 saturated heterocycles. The molecule has 1 heterocycles. The lowest BCUT2D eigenvalue weighted by Crippen LogP contribution is -2.29. The fourth-order valence-corrected chi connectivity index (χ4v) is 1.82. The average molecular weight is 298 g/mol. The first-order chi connectivity index (χ1) is 9.72. The lowest BCUT2D eigenvalue weighted by atomic mass is 10.3. The summed E-state index contributed by atoms with van der Waals surface area (Å²) in [7, 11) is 1.64. The van der Waals surface area contributed by atoms with E-state index in [0.717, 1.165) is 13.0 Å². The molecule has 0 spiro atoms.